The van der Waals surface area contributed by atoms with Crippen molar-refractivity contribution in [1.29, 1.82) is 0 Å². The van der Waals surface area contributed by atoms with Crippen LogP contribution in [0.25, 0.3) is 11.3 Å². The molecule has 2 heterocycles. The van der Waals surface area contributed by atoms with Crippen LogP contribution in [-0.2, 0) is 6.54 Å². The molecule has 2 aromatic rings. The van der Waals surface area contributed by atoms with Gasteiger partial charge in [0.15, 0.2) is 5.96 Å². The molecule has 6 nitrogen and oxygen atoms in total. The van der Waals surface area contributed by atoms with Crippen LogP contribution in [0.2, 0.25) is 0 Å². The molecule has 0 amide bonds. The molecule has 2 rings (SSSR count). The average molecular weight is 248 g/mol. The van der Waals surface area contributed by atoms with Gasteiger partial charge in [0.1, 0.15) is 0 Å². The summed E-state index contributed by atoms with van der Waals surface area (Å²) in [6.07, 6.45) is 1.71. The molecule has 6 N–H and O–H groups in total. The Hall–Kier alpha value is -1.99. The molecule has 0 aromatic carbocycles. The number of aromatic nitrogens is 2. The first-order chi connectivity index (χ1) is 8.19. The quantitative estimate of drug-likeness (QED) is 0.542. The Bertz CT molecular complexity index is 543. The summed E-state index contributed by atoms with van der Waals surface area (Å²) in [5.74, 6) is 0.00303. The summed E-state index contributed by atoms with van der Waals surface area (Å²) in [6.45, 7) is 0.402. The number of hydrogen-bond acceptors (Lipinski definition) is 5. The van der Waals surface area contributed by atoms with Crippen molar-refractivity contribution >= 4 is 22.4 Å². The van der Waals surface area contributed by atoms with E-state index in [0.29, 0.717) is 11.7 Å². The Morgan fingerprint density at radius 1 is 1.41 bits per heavy atom. The van der Waals surface area contributed by atoms with Gasteiger partial charge < -0.3 is 17.2 Å². The summed E-state index contributed by atoms with van der Waals surface area (Å²) >= 11 is 1.38. The fourth-order valence-corrected chi connectivity index (χ4v) is 2.02. The van der Waals surface area contributed by atoms with Gasteiger partial charge in [0.05, 0.1) is 11.4 Å². The van der Waals surface area contributed by atoms with Crippen molar-refractivity contribution in [3.8, 4) is 11.3 Å². The Morgan fingerprint density at radius 3 is 2.94 bits per heavy atom. The number of aliphatic imine (C=N–C) groups is 1. The third kappa shape index (κ3) is 2.77. The second-order valence-corrected chi connectivity index (χ2v) is 4.13. The van der Waals surface area contributed by atoms with Gasteiger partial charge in [-0.3, -0.25) is 4.98 Å². The second-order valence-electron chi connectivity index (χ2n) is 3.29. The molecule has 2 aromatic heterocycles. The first-order valence-corrected chi connectivity index (χ1v) is 5.77. The van der Waals surface area contributed by atoms with E-state index in [-0.39, 0.29) is 5.96 Å². The highest BCUT2D eigenvalue weighted by Gasteiger charge is 2.05. The molecule has 0 spiro atoms. The van der Waals surface area contributed by atoms with Gasteiger partial charge in [-0.05, 0) is 12.1 Å². The predicted octanol–water partition coefficient (Wildman–Crippen LogP) is 0.569. The minimum absolute atomic E-state index is 0.00303. The summed E-state index contributed by atoms with van der Waals surface area (Å²) in [6, 6.07) is 3.77. The van der Waals surface area contributed by atoms with Crippen LogP contribution in [0.5, 0.6) is 0 Å². The topological polar surface area (TPSA) is 116 Å². The number of pyridine rings is 1. The van der Waals surface area contributed by atoms with Crippen molar-refractivity contribution in [1.82, 2.24) is 9.97 Å². The molecule has 0 aliphatic rings. The Kier molecular flexibility index (Phi) is 3.31. The number of nitrogens with two attached hydrogens (primary N) is 3. The summed E-state index contributed by atoms with van der Waals surface area (Å²) in [5, 5.41) is 2.42. The highest BCUT2D eigenvalue weighted by atomic mass is 32.1. The standard InChI is InChI=1S/C10H12N6S/c11-4-7-3-6(1-2-14-7)8-5-17-10(15-8)16-9(12)13/h1-3,5H,4,11H2,(H4,12,13,15,16). The van der Waals surface area contributed by atoms with E-state index >= 15 is 0 Å². The maximum atomic E-state index is 5.53. The molecule has 0 saturated carbocycles. The monoisotopic (exact) mass is 248 g/mol. The lowest BCUT2D eigenvalue weighted by atomic mass is 10.2. The van der Waals surface area contributed by atoms with Crippen LogP contribution >= 0.6 is 11.3 Å². The lowest BCUT2D eigenvalue weighted by Gasteiger charge is -1.98. The van der Waals surface area contributed by atoms with Gasteiger partial charge in [-0.15, -0.1) is 11.3 Å². The first-order valence-electron chi connectivity index (χ1n) is 4.89. The summed E-state index contributed by atoms with van der Waals surface area (Å²) in [7, 11) is 0. The number of thiazole rings is 1. The molecule has 0 atom stereocenters. The Morgan fingerprint density at radius 2 is 2.24 bits per heavy atom. The van der Waals surface area contributed by atoms with Crippen LogP contribution in [0.1, 0.15) is 5.69 Å². The van der Waals surface area contributed by atoms with Gasteiger partial charge in [0.25, 0.3) is 0 Å². The minimum atomic E-state index is 0.00303. The lowest BCUT2D eigenvalue weighted by molar-refractivity contribution is 0.991. The maximum absolute atomic E-state index is 5.53. The van der Waals surface area contributed by atoms with E-state index in [0.717, 1.165) is 17.0 Å². The smallest absolute Gasteiger partial charge is 0.212 e. The second kappa shape index (κ2) is 4.89. The van der Waals surface area contributed by atoms with Crippen molar-refractivity contribution in [2.24, 2.45) is 22.2 Å². The largest absolute Gasteiger partial charge is 0.370 e. The first kappa shape index (κ1) is 11.5. The van der Waals surface area contributed by atoms with Crippen molar-refractivity contribution in [2.75, 3.05) is 0 Å². The van der Waals surface area contributed by atoms with E-state index in [4.69, 9.17) is 17.2 Å². The number of rotatable bonds is 3. The minimum Gasteiger partial charge on any atom is -0.370 e. The van der Waals surface area contributed by atoms with E-state index in [1.54, 1.807) is 6.20 Å². The molecule has 7 heteroatoms. The van der Waals surface area contributed by atoms with E-state index in [1.807, 2.05) is 17.5 Å². The lowest BCUT2D eigenvalue weighted by Crippen LogP contribution is -2.21. The molecule has 0 saturated heterocycles. The molecule has 0 fully saturated rings. The Labute approximate surface area is 102 Å². The summed E-state index contributed by atoms with van der Waals surface area (Å²) < 4.78 is 0. The number of nitrogens with zero attached hydrogens (tertiary/aromatic N) is 3. The van der Waals surface area contributed by atoms with E-state index in [1.165, 1.54) is 11.3 Å². The zero-order chi connectivity index (χ0) is 12.3. The predicted molar refractivity (Wildman–Crippen MR) is 68.7 cm³/mol. The fraction of sp³-hybridized carbons (Fsp3) is 0.100. The molecule has 0 bridgehead atoms. The molecular weight excluding hydrogens is 236 g/mol. The van der Waals surface area contributed by atoms with Gasteiger partial charge in [-0.1, -0.05) is 0 Å². The van der Waals surface area contributed by atoms with Crippen molar-refractivity contribution in [3.63, 3.8) is 0 Å². The van der Waals surface area contributed by atoms with Gasteiger partial charge in [0, 0.05) is 23.7 Å². The van der Waals surface area contributed by atoms with E-state index in [9.17, 15) is 0 Å². The zero-order valence-electron chi connectivity index (χ0n) is 9.00. The average Bonchev–Trinajstić information content (AvgIpc) is 2.77. The molecule has 0 aliphatic heterocycles. The van der Waals surface area contributed by atoms with Crippen LogP contribution in [0, 0.1) is 0 Å². The molecule has 0 radical (unpaired) electrons. The van der Waals surface area contributed by atoms with Crippen LogP contribution in [0.15, 0.2) is 28.7 Å². The summed E-state index contributed by atoms with van der Waals surface area (Å²) in [5.41, 5.74) is 18.7. The van der Waals surface area contributed by atoms with E-state index < -0.39 is 0 Å². The van der Waals surface area contributed by atoms with Crippen molar-refractivity contribution < 1.29 is 0 Å². The number of hydrogen-bond donors (Lipinski definition) is 3. The van der Waals surface area contributed by atoms with Gasteiger partial charge in [0.2, 0.25) is 5.13 Å². The van der Waals surface area contributed by atoms with Crippen LogP contribution < -0.4 is 17.2 Å². The fourth-order valence-electron chi connectivity index (χ4n) is 1.31. The zero-order valence-corrected chi connectivity index (χ0v) is 9.81. The number of guanidine groups is 1. The third-order valence-corrected chi connectivity index (χ3v) is 2.77. The molecule has 0 unspecified atom stereocenters. The third-order valence-electron chi connectivity index (χ3n) is 2.04. The highest BCUT2D eigenvalue weighted by Crippen LogP contribution is 2.26. The maximum Gasteiger partial charge on any atom is 0.212 e. The van der Waals surface area contributed by atoms with Gasteiger partial charge in [-0.2, -0.15) is 4.99 Å². The van der Waals surface area contributed by atoms with Crippen molar-refractivity contribution in [3.05, 3.63) is 29.4 Å². The van der Waals surface area contributed by atoms with Gasteiger partial charge >= 0.3 is 0 Å². The van der Waals surface area contributed by atoms with E-state index in [2.05, 4.69) is 15.0 Å². The van der Waals surface area contributed by atoms with Crippen LogP contribution in [-0.4, -0.2) is 15.9 Å². The molecule has 17 heavy (non-hydrogen) atoms. The van der Waals surface area contributed by atoms with Gasteiger partial charge in [-0.25, -0.2) is 4.98 Å². The van der Waals surface area contributed by atoms with Crippen molar-refractivity contribution in [2.45, 2.75) is 6.54 Å². The Balaban J connectivity index is 2.33. The molecular formula is C10H12N6S. The molecule has 88 valence electrons. The summed E-state index contributed by atoms with van der Waals surface area (Å²) in [4.78, 5) is 12.3. The SMILES string of the molecule is NCc1cc(-c2csc(N=C(N)N)n2)ccn1. The van der Waals surface area contributed by atoms with Crippen LogP contribution in [0.3, 0.4) is 0 Å². The van der Waals surface area contributed by atoms with Crippen LogP contribution in [0.4, 0.5) is 5.13 Å². The normalized spacial score (nSPS) is 10.2. The molecule has 0 aliphatic carbocycles. The highest BCUT2D eigenvalue weighted by molar-refractivity contribution is 7.13.